The SMILES string of the molecule is CCC[C@@H](NC(=O)N1C(=O)C(CC)(CC)[C@@H]1OCC(=O)N(CC)CCN(C)CCOC)c1ccc(C)cc1. The lowest BCUT2D eigenvalue weighted by Gasteiger charge is -2.53. The van der Waals surface area contributed by atoms with Crippen molar-refractivity contribution in [1.82, 2.24) is 20.0 Å². The number of β-lactam (4-membered cyclic amide) rings is 1. The van der Waals surface area contributed by atoms with E-state index in [0.29, 0.717) is 39.1 Å². The summed E-state index contributed by atoms with van der Waals surface area (Å²) in [5.74, 6) is -0.402. The Labute approximate surface area is 228 Å². The van der Waals surface area contributed by atoms with Gasteiger partial charge in [-0.05, 0) is 45.7 Å². The number of likely N-dealkylation sites (tertiary alicyclic amines) is 1. The number of nitrogens with one attached hydrogen (secondary N) is 1. The van der Waals surface area contributed by atoms with Crippen molar-refractivity contribution < 1.29 is 23.9 Å². The third-order valence-corrected chi connectivity index (χ3v) is 7.72. The highest BCUT2D eigenvalue weighted by Crippen LogP contribution is 2.46. The van der Waals surface area contributed by atoms with Crippen molar-refractivity contribution in [3.63, 3.8) is 0 Å². The maximum Gasteiger partial charge on any atom is 0.326 e. The lowest BCUT2D eigenvalue weighted by atomic mass is 9.72. The number of nitrogens with zero attached hydrogens (tertiary/aromatic N) is 3. The third kappa shape index (κ3) is 7.55. The molecule has 0 saturated carbocycles. The summed E-state index contributed by atoms with van der Waals surface area (Å²) in [4.78, 5) is 44.7. The molecule has 214 valence electrons. The first-order valence-corrected chi connectivity index (χ1v) is 14.0. The molecule has 9 nitrogen and oxygen atoms in total. The van der Waals surface area contributed by atoms with Crippen molar-refractivity contribution in [1.29, 1.82) is 0 Å². The molecule has 4 amide bonds. The number of hydrogen-bond acceptors (Lipinski definition) is 6. The largest absolute Gasteiger partial charge is 0.383 e. The van der Waals surface area contributed by atoms with Crippen LogP contribution in [0.15, 0.2) is 24.3 Å². The number of amides is 4. The highest BCUT2D eigenvalue weighted by molar-refractivity contribution is 6.03. The van der Waals surface area contributed by atoms with Crippen LogP contribution in [-0.2, 0) is 19.1 Å². The zero-order chi connectivity index (χ0) is 28.3. The molecule has 2 rings (SSSR count). The van der Waals surface area contributed by atoms with Gasteiger partial charge in [-0.1, -0.05) is 57.0 Å². The van der Waals surface area contributed by atoms with E-state index in [1.54, 1.807) is 12.0 Å². The fourth-order valence-corrected chi connectivity index (χ4v) is 4.95. The van der Waals surface area contributed by atoms with Crippen LogP contribution < -0.4 is 5.32 Å². The zero-order valence-corrected chi connectivity index (χ0v) is 24.4. The molecule has 1 aliphatic heterocycles. The van der Waals surface area contributed by atoms with Crippen molar-refractivity contribution in [2.45, 2.75) is 72.6 Å². The summed E-state index contributed by atoms with van der Waals surface area (Å²) < 4.78 is 11.2. The average Bonchev–Trinajstić information content (AvgIpc) is 2.91. The highest BCUT2D eigenvalue weighted by Gasteiger charge is 2.62. The van der Waals surface area contributed by atoms with Crippen LogP contribution in [0.3, 0.4) is 0 Å². The number of imide groups is 1. The average molecular weight is 533 g/mol. The van der Waals surface area contributed by atoms with Gasteiger partial charge in [-0.2, -0.15) is 0 Å². The predicted molar refractivity (Wildman–Crippen MR) is 149 cm³/mol. The number of benzene rings is 1. The molecule has 0 radical (unpaired) electrons. The van der Waals surface area contributed by atoms with E-state index in [1.165, 1.54) is 4.90 Å². The number of aryl methyl sites for hydroxylation is 1. The van der Waals surface area contributed by atoms with Gasteiger partial charge in [0.2, 0.25) is 11.8 Å². The summed E-state index contributed by atoms with van der Waals surface area (Å²) >= 11 is 0. The van der Waals surface area contributed by atoms with Crippen LogP contribution in [0.25, 0.3) is 0 Å². The van der Waals surface area contributed by atoms with Crippen molar-refractivity contribution >= 4 is 17.8 Å². The molecule has 1 heterocycles. The Hall–Kier alpha value is -2.49. The van der Waals surface area contributed by atoms with E-state index in [9.17, 15) is 14.4 Å². The molecule has 2 atom stereocenters. The summed E-state index contributed by atoms with van der Waals surface area (Å²) in [6.07, 6.45) is 1.91. The summed E-state index contributed by atoms with van der Waals surface area (Å²) in [6.45, 7) is 12.9. The molecule has 1 saturated heterocycles. The number of carbonyl (C=O) groups excluding carboxylic acids is 3. The molecule has 9 heteroatoms. The van der Waals surface area contributed by atoms with Crippen LogP contribution in [0, 0.1) is 12.3 Å². The Bertz CT molecular complexity index is 903. The topological polar surface area (TPSA) is 91.4 Å². The van der Waals surface area contributed by atoms with E-state index in [0.717, 1.165) is 30.5 Å². The van der Waals surface area contributed by atoms with E-state index < -0.39 is 17.7 Å². The fourth-order valence-electron chi connectivity index (χ4n) is 4.95. The standard InChI is InChI=1S/C29H48N4O5/c1-8-12-24(23-15-13-22(5)14-16-23)30-28(36)33-26(35)29(9-2,10-3)27(33)38-21-25(34)32(11-4)18-17-31(6)19-20-37-7/h13-16,24,27H,8-12,17-21H2,1-7H3,(H,30,36)/t24-,27+/m1/s1. The number of urea groups is 1. The van der Waals surface area contributed by atoms with E-state index >= 15 is 0 Å². The molecule has 0 aromatic heterocycles. The van der Waals surface area contributed by atoms with Gasteiger partial charge in [-0.3, -0.25) is 9.59 Å². The number of methoxy groups -OCH3 is 1. The second kappa shape index (κ2) is 15.2. The predicted octanol–water partition coefficient (Wildman–Crippen LogP) is 3.96. The van der Waals surface area contributed by atoms with Gasteiger partial charge in [0.25, 0.3) is 0 Å². The molecule has 0 bridgehead atoms. The van der Waals surface area contributed by atoms with Crippen LogP contribution in [0.5, 0.6) is 0 Å². The Morgan fingerprint density at radius 1 is 1.08 bits per heavy atom. The lowest BCUT2D eigenvalue weighted by molar-refractivity contribution is -0.212. The van der Waals surface area contributed by atoms with Gasteiger partial charge in [0.05, 0.1) is 18.1 Å². The molecule has 0 unspecified atom stereocenters. The van der Waals surface area contributed by atoms with Crippen LogP contribution >= 0.6 is 0 Å². The minimum atomic E-state index is -0.806. The second-order valence-electron chi connectivity index (χ2n) is 10.2. The van der Waals surface area contributed by atoms with Crippen molar-refractivity contribution in [2.75, 3.05) is 53.6 Å². The first-order chi connectivity index (χ1) is 18.2. The first-order valence-electron chi connectivity index (χ1n) is 14.0. The summed E-state index contributed by atoms with van der Waals surface area (Å²) in [6, 6.07) is 7.36. The summed E-state index contributed by atoms with van der Waals surface area (Å²) in [5.41, 5.74) is 1.33. The maximum absolute atomic E-state index is 13.4. The van der Waals surface area contributed by atoms with Gasteiger partial charge in [-0.25, -0.2) is 9.69 Å². The minimum Gasteiger partial charge on any atom is -0.383 e. The fraction of sp³-hybridized carbons (Fsp3) is 0.690. The van der Waals surface area contributed by atoms with Crippen LogP contribution in [0.1, 0.15) is 70.5 Å². The summed E-state index contributed by atoms with van der Waals surface area (Å²) in [7, 11) is 3.66. The van der Waals surface area contributed by atoms with Gasteiger partial charge in [0.15, 0.2) is 6.23 Å². The van der Waals surface area contributed by atoms with Gasteiger partial charge in [0.1, 0.15) is 6.61 Å². The van der Waals surface area contributed by atoms with Crippen LogP contribution in [-0.4, -0.2) is 92.3 Å². The first kappa shape index (κ1) is 31.7. The monoisotopic (exact) mass is 532 g/mol. The molecular formula is C29H48N4O5. The normalized spacial score (nSPS) is 17.3. The number of likely N-dealkylation sites (N-methyl/N-ethyl adjacent to an activating group) is 2. The Balaban J connectivity index is 2.10. The molecule has 1 fully saturated rings. The second-order valence-corrected chi connectivity index (χ2v) is 10.2. The number of carbonyl (C=O) groups is 3. The molecule has 1 aromatic rings. The number of rotatable bonds is 16. The maximum atomic E-state index is 13.4. The third-order valence-electron chi connectivity index (χ3n) is 7.72. The van der Waals surface area contributed by atoms with Crippen molar-refractivity contribution in [3.05, 3.63) is 35.4 Å². The van der Waals surface area contributed by atoms with Crippen LogP contribution in [0.4, 0.5) is 4.79 Å². The van der Waals surface area contributed by atoms with E-state index in [-0.39, 0.29) is 24.5 Å². The van der Waals surface area contributed by atoms with Gasteiger partial charge < -0.3 is 24.6 Å². The Morgan fingerprint density at radius 3 is 2.29 bits per heavy atom. The zero-order valence-electron chi connectivity index (χ0n) is 24.4. The molecule has 1 aliphatic rings. The van der Waals surface area contributed by atoms with Crippen molar-refractivity contribution in [3.8, 4) is 0 Å². The van der Waals surface area contributed by atoms with E-state index in [4.69, 9.17) is 9.47 Å². The highest BCUT2D eigenvalue weighted by atomic mass is 16.5. The number of hydrogen-bond donors (Lipinski definition) is 1. The van der Waals surface area contributed by atoms with Crippen LogP contribution in [0.2, 0.25) is 0 Å². The van der Waals surface area contributed by atoms with Crippen molar-refractivity contribution in [2.24, 2.45) is 5.41 Å². The smallest absolute Gasteiger partial charge is 0.326 e. The van der Waals surface area contributed by atoms with E-state index in [1.807, 2.05) is 59.0 Å². The lowest BCUT2D eigenvalue weighted by Crippen LogP contribution is -2.72. The molecular weight excluding hydrogens is 484 g/mol. The molecule has 1 N–H and O–H groups in total. The van der Waals surface area contributed by atoms with Gasteiger partial charge in [0, 0.05) is 33.3 Å². The quantitative estimate of drug-likeness (QED) is 0.324. The molecule has 0 aliphatic carbocycles. The Kier molecular flexibility index (Phi) is 12.7. The van der Waals surface area contributed by atoms with Gasteiger partial charge >= 0.3 is 6.03 Å². The Morgan fingerprint density at radius 2 is 1.74 bits per heavy atom. The minimum absolute atomic E-state index is 0.156. The molecule has 38 heavy (non-hydrogen) atoms. The number of ether oxygens (including phenoxy) is 2. The summed E-state index contributed by atoms with van der Waals surface area (Å²) in [5, 5.41) is 3.05. The van der Waals surface area contributed by atoms with Gasteiger partial charge in [-0.15, -0.1) is 0 Å². The molecule has 0 spiro atoms. The molecule has 1 aromatic carbocycles. The van der Waals surface area contributed by atoms with E-state index in [2.05, 4.69) is 17.1 Å².